The highest BCUT2D eigenvalue weighted by molar-refractivity contribution is 5.79. The second-order valence-electron chi connectivity index (χ2n) is 5.92. The highest BCUT2D eigenvalue weighted by Crippen LogP contribution is 2.28. The first kappa shape index (κ1) is 15.4. The number of rotatable bonds is 4. The van der Waals surface area contributed by atoms with Crippen LogP contribution in [0.5, 0.6) is 5.75 Å². The van der Waals surface area contributed by atoms with Crippen LogP contribution in [0.15, 0.2) is 59.5 Å². The van der Waals surface area contributed by atoms with Crippen LogP contribution in [0.2, 0.25) is 0 Å². The summed E-state index contributed by atoms with van der Waals surface area (Å²) in [6, 6.07) is 14.8. The predicted molar refractivity (Wildman–Crippen MR) is 91.5 cm³/mol. The molecule has 1 aliphatic heterocycles. The van der Waals surface area contributed by atoms with E-state index in [2.05, 4.69) is 5.10 Å². The summed E-state index contributed by atoms with van der Waals surface area (Å²) in [4.78, 5) is 24.0. The lowest BCUT2D eigenvalue weighted by Gasteiger charge is -2.12. The number of hydrogen-bond donors (Lipinski definition) is 0. The molecule has 0 unspecified atom stereocenters. The van der Waals surface area contributed by atoms with E-state index in [1.54, 1.807) is 24.3 Å². The van der Waals surface area contributed by atoms with Gasteiger partial charge in [-0.15, -0.1) is 0 Å². The number of fused-ring (bicyclic) bond motifs is 2. The molecule has 25 heavy (non-hydrogen) atoms. The number of para-hydroxylation sites is 2. The quantitative estimate of drug-likeness (QED) is 0.681. The molecule has 126 valence electrons. The first-order valence-electron chi connectivity index (χ1n) is 8.06. The first-order chi connectivity index (χ1) is 12.2. The van der Waals surface area contributed by atoms with E-state index in [1.165, 1.54) is 10.9 Å². The third-order valence-corrected chi connectivity index (χ3v) is 4.18. The van der Waals surface area contributed by atoms with Gasteiger partial charge in [-0.25, -0.2) is 0 Å². The maximum Gasteiger partial charge on any atom is 0.327 e. The number of carbonyl (C=O) groups is 1. The molecule has 0 saturated carbocycles. The zero-order valence-electron chi connectivity index (χ0n) is 13.4. The Labute approximate surface area is 143 Å². The molecule has 4 rings (SSSR count). The smallest absolute Gasteiger partial charge is 0.327 e. The summed E-state index contributed by atoms with van der Waals surface area (Å²) < 4.78 is 12.6. The van der Waals surface area contributed by atoms with Crippen LogP contribution in [0.25, 0.3) is 10.9 Å². The van der Waals surface area contributed by atoms with Crippen LogP contribution in [0, 0.1) is 0 Å². The summed E-state index contributed by atoms with van der Waals surface area (Å²) in [5, 5.41) is 4.56. The summed E-state index contributed by atoms with van der Waals surface area (Å²) in [5.74, 6) is 0.428. The fourth-order valence-corrected chi connectivity index (χ4v) is 2.99. The average Bonchev–Trinajstić information content (AvgIpc) is 3.06. The summed E-state index contributed by atoms with van der Waals surface area (Å²) in [7, 11) is 0. The van der Waals surface area contributed by atoms with Crippen molar-refractivity contribution in [3.63, 3.8) is 0 Å². The van der Waals surface area contributed by atoms with E-state index in [9.17, 15) is 9.59 Å². The Balaban J connectivity index is 1.41. The Hall–Kier alpha value is -3.15. The number of hydrogen-bond acceptors (Lipinski definition) is 5. The van der Waals surface area contributed by atoms with Crippen molar-refractivity contribution >= 4 is 16.9 Å². The Morgan fingerprint density at radius 1 is 1.20 bits per heavy atom. The summed E-state index contributed by atoms with van der Waals surface area (Å²) in [5.41, 5.74) is 1.56. The molecule has 1 aromatic heterocycles. The molecule has 1 atom stereocenters. The van der Waals surface area contributed by atoms with E-state index >= 15 is 0 Å². The molecule has 0 N–H and O–H groups in total. The van der Waals surface area contributed by atoms with Gasteiger partial charge in [0.05, 0.1) is 11.7 Å². The molecule has 0 saturated heterocycles. The van der Waals surface area contributed by atoms with Gasteiger partial charge in [-0.05, 0) is 23.8 Å². The number of esters is 1. The number of aromatic nitrogens is 2. The van der Waals surface area contributed by atoms with E-state index < -0.39 is 5.97 Å². The highest BCUT2D eigenvalue weighted by Gasteiger charge is 2.23. The summed E-state index contributed by atoms with van der Waals surface area (Å²) in [6.45, 7) is 0.131. The van der Waals surface area contributed by atoms with Crippen LogP contribution in [0.4, 0.5) is 0 Å². The Kier molecular flexibility index (Phi) is 3.93. The first-order valence-corrected chi connectivity index (χ1v) is 8.06. The van der Waals surface area contributed by atoms with Crippen molar-refractivity contribution in [3.8, 4) is 5.75 Å². The van der Waals surface area contributed by atoms with Crippen LogP contribution < -0.4 is 10.2 Å². The molecular weight excluding hydrogens is 320 g/mol. The molecule has 0 fully saturated rings. The molecule has 2 aromatic carbocycles. The van der Waals surface area contributed by atoms with Crippen LogP contribution in [0.3, 0.4) is 0 Å². The second-order valence-corrected chi connectivity index (χ2v) is 5.92. The molecular formula is C19H16N2O4. The normalized spacial score (nSPS) is 15.6. The van der Waals surface area contributed by atoms with Gasteiger partial charge in [-0.1, -0.05) is 30.3 Å². The molecule has 2 heterocycles. The van der Waals surface area contributed by atoms with Crippen molar-refractivity contribution in [3.05, 3.63) is 70.5 Å². The highest BCUT2D eigenvalue weighted by atomic mass is 16.6. The number of carbonyl (C=O) groups excluding carboxylic acids is 1. The third-order valence-electron chi connectivity index (χ3n) is 4.18. The molecule has 0 amide bonds. The van der Waals surface area contributed by atoms with Gasteiger partial charge >= 0.3 is 5.97 Å². The number of ether oxygens (including phenoxy) is 2. The molecule has 0 bridgehead atoms. The Bertz CT molecular complexity index is 971. The average molecular weight is 336 g/mol. The monoisotopic (exact) mass is 336 g/mol. The standard InChI is InChI=1S/C19H16N2O4/c22-17-10-20-21(16-7-3-2-6-15(16)17)11-19(23)24-12-14-9-13-5-1-4-8-18(13)25-14/h1-8,10,14H,9,11-12H2/t14-/m0/s1. The molecule has 0 aliphatic carbocycles. The lowest BCUT2D eigenvalue weighted by atomic mass is 10.1. The molecule has 6 heteroatoms. The third kappa shape index (κ3) is 3.10. The summed E-state index contributed by atoms with van der Waals surface area (Å²) in [6.07, 6.45) is 1.77. The van der Waals surface area contributed by atoms with Crippen LogP contribution in [-0.4, -0.2) is 28.5 Å². The second kappa shape index (κ2) is 6.39. The largest absolute Gasteiger partial charge is 0.486 e. The van der Waals surface area contributed by atoms with Crippen LogP contribution in [0.1, 0.15) is 5.56 Å². The van der Waals surface area contributed by atoms with E-state index in [-0.39, 0.29) is 24.7 Å². The van der Waals surface area contributed by atoms with E-state index in [1.807, 2.05) is 24.3 Å². The fraction of sp³-hybridized carbons (Fsp3) is 0.211. The molecule has 3 aromatic rings. The van der Waals surface area contributed by atoms with Crippen molar-refractivity contribution in [1.82, 2.24) is 9.78 Å². The maximum absolute atomic E-state index is 12.2. The summed E-state index contributed by atoms with van der Waals surface area (Å²) >= 11 is 0. The van der Waals surface area contributed by atoms with E-state index in [0.29, 0.717) is 10.9 Å². The maximum atomic E-state index is 12.2. The zero-order valence-corrected chi connectivity index (χ0v) is 13.4. The molecule has 6 nitrogen and oxygen atoms in total. The van der Waals surface area contributed by atoms with Gasteiger partial charge < -0.3 is 9.47 Å². The van der Waals surface area contributed by atoms with Crippen molar-refractivity contribution in [2.24, 2.45) is 0 Å². The molecule has 0 radical (unpaired) electrons. The predicted octanol–water partition coefficient (Wildman–Crippen LogP) is 1.94. The van der Waals surface area contributed by atoms with Gasteiger partial charge in [0.15, 0.2) is 0 Å². The van der Waals surface area contributed by atoms with Gasteiger partial charge in [0.2, 0.25) is 5.43 Å². The van der Waals surface area contributed by atoms with Gasteiger partial charge in [0, 0.05) is 11.8 Å². The SMILES string of the molecule is O=C(Cn1ncc(=O)c2ccccc21)OC[C@@H]1Cc2ccccc2O1. The van der Waals surface area contributed by atoms with Gasteiger partial charge in [-0.3, -0.25) is 14.3 Å². The topological polar surface area (TPSA) is 70.4 Å². The van der Waals surface area contributed by atoms with Gasteiger partial charge in [0.25, 0.3) is 0 Å². The number of benzene rings is 2. The van der Waals surface area contributed by atoms with Crippen LogP contribution >= 0.6 is 0 Å². The zero-order chi connectivity index (χ0) is 17.2. The van der Waals surface area contributed by atoms with Crippen molar-refractivity contribution in [2.45, 2.75) is 19.1 Å². The molecule has 1 aliphatic rings. The van der Waals surface area contributed by atoms with E-state index in [0.717, 1.165) is 17.7 Å². The van der Waals surface area contributed by atoms with Gasteiger partial charge in [0.1, 0.15) is 25.0 Å². The number of nitrogens with zero attached hydrogens (tertiary/aromatic N) is 2. The lowest BCUT2D eigenvalue weighted by molar-refractivity contribution is -0.146. The van der Waals surface area contributed by atoms with Crippen LogP contribution in [-0.2, 0) is 22.5 Å². The molecule has 0 spiro atoms. The van der Waals surface area contributed by atoms with E-state index in [4.69, 9.17) is 9.47 Å². The van der Waals surface area contributed by atoms with Crippen molar-refractivity contribution in [1.29, 1.82) is 0 Å². The minimum Gasteiger partial charge on any atom is -0.486 e. The van der Waals surface area contributed by atoms with Gasteiger partial charge in [-0.2, -0.15) is 5.10 Å². The Morgan fingerprint density at radius 2 is 2.00 bits per heavy atom. The Morgan fingerprint density at radius 3 is 2.88 bits per heavy atom. The minimum absolute atomic E-state index is 0.0551. The lowest BCUT2D eigenvalue weighted by Crippen LogP contribution is -2.25. The van der Waals surface area contributed by atoms with Crippen molar-refractivity contribution in [2.75, 3.05) is 6.61 Å². The van der Waals surface area contributed by atoms with Crippen molar-refractivity contribution < 1.29 is 14.3 Å². The fourth-order valence-electron chi connectivity index (χ4n) is 2.99. The minimum atomic E-state index is -0.416.